The minimum absolute atomic E-state index is 0.297. The molecule has 0 fully saturated rings. The number of nitrogens with two attached hydrogens (primary N) is 1. The zero-order valence-corrected chi connectivity index (χ0v) is 10.2. The third-order valence-electron chi connectivity index (χ3n) is 1.75. The van der Waals surface area contributed by atoms with Crippen LogP contribution in [0.5, 0.6) is 11.8 Å². The molecule has 1 heterocycles. The highest BCUT2D eigenvalue weighted by Gasteiger charge is 2.05. The van der Waals surface area contributed by atoms with Gasteiger partial charge in [0.25, 0.3) is 0 Å². The van der Waals surface area contributed by atoms with Crippen molar-refractivity contribution in [3.8, 4) is 11.8 Å². The van der Waals surface area contributed by atoms with Crippen molar-refractivity contribution in [2.75, 3.05) is 5.73 Å². The van der Waals surface area contributed by atoms with Gasteiger partial charge in [0, 0.05) is 10.6 Å². The van der Waals surface area contributed by atoms with Gasteiger partial charge in [0.2, 0.25) is 0 Å². The van der Waals surface area contributed by atoms with Crippen LogP contribution in [0.2, 0.25) is 0 Å². The quantitative estimate of drug-likeness (QED) is 0.678. The third kappa shape index (κ3) is 2.38. The van der Waals surface area contributed by atoms with E-state index in [9.17, 15) is 0 Å². The van der Waals surface area contributed by atoms with Crippen molar-refractivity contribution in [1.82, 2.24) is 14.8 Å². The van der Waals surface area contributed by atoms with E-state index in [0.717, 1.165) is 3.57 Å². The maximum Gasteiger partial charge on any atom is 0.341 e. The Kier molecular flexibility index (Phi) is 2.76. The summed E-state index contributed by atoms with van der Waals surface area (Å²) >= 11 is 2.19. The van der Waals surface area contributed by atoms with Gasteiger partial charge in [-0.1, -0.05) is 0 Å². The summed E-state index contributed by atoms with van der Waals surface area (Å²) in [5.74, 6) is 0.571. The number of aryl methyl sites for hydroxylation is 1. The van der Waals surface area contributed by atoms with Crippen LogP contribution in [-0.4, -0.2) is 14.8 Å². The lowest BCUT2D eigenvalue weighted by Gasteiger charge is -2.04. The van der Waals surface area contributed by atoms with Crippen molar-refractivity contribution in [2.24, 2.45) is 7.05 Å². The fourth-order valence-corrected chi connectivity index (χ4v) is 1.59. The molecule has 0 saturated heterocycles. The van der Waals surface area contributed by atoms with Gasteiger partial charge in [0.05, 0.1) is 5.69 Å². The summed E-state index contributed by atoms with van der Waals surface area (Å²) in [6, 6.07) is 5.84. The van der Waals surface area contributed by atoms with Crippen molar-refractivity contribution in [1.29, 1.82) is 0 Å². The average Bonchev–Trinajstić information content (AvgIpc) is 2.56. The molecule has 0 aliphatic heterocycles. The number of hydrogen-bond acceptors (Lipinski definition) is 4. The summed E-state index contributed by atoms with van der Waals surface area (Å²) in [5.41, 5.74) is 6.36. The Hall–Kier alpha value is -1.31. The molecule has 0 amide bonds. The van der Waals surface area contributed by atoms with Crippen LogP contribution in [0, 0.1) is 3.57 Å². The predicted molar refractivity (Wildman–Crippen MR) is 64.6 cm³/mol. The summed E-state index contributed by atoms with van der Waals surface area (Å²) in [6.45, 7) is 0. The number of anilines is 1. The Labute approximate surface area is 100 Å². The second kappa shape index (κ2) is 4.05. The first-order valence-corrected chi connectivity index (χ1v) is 5.31. The van der Waals surface area contributed by atoms with Gasteiger partial charge in [-0.2, -0.15) is 4.98 Å². The van der Waals surface area contributed by atoms with E-state index in [4.69, 9.17) is 10.5 Å². The SMILES string of the molecule is Cn1cnc(Oc2ccc(I)cc2N)n1. The molecular formula is C9H9IN4O. The van der Waals surface area contributed by atoms with Crippen LogP contribution < -0.4 is 10.5 Å². The van der Waals surface area contributed by atoms with E-state index in [1.165, 1.54) is 0 Å². The number of benzene rings is 1. The van der Waals surface area contributed by atoms with Gasteiger partial charge in [-0.15, -0.1) is 5.10 Å². The molecule has 2 N–H and O–H groups in total. The smallest absolute Gasteiger partial charge is 0.341 e. The van der Waals surface area contributed by atoms with Crippen LogP contribution in [0.4, 0.5) is 5.69 Å². The van der Waals surface area contributed by atoms with Crippen molar-refractivity contribution in [2.45, 2.75) is 0 Å². The van der Waals surface area contributed by atoms with Gasteiger partial charge in [0.15, 0.2) is 5.75 Å². The molecule has 0 spiro atoms. The molecule has 6 heteroatoms. The summed E-state index contributed by atoms with van der Waals surface area (Å²) in [6.07, 6.45) is 1.57. The number of nitrogen functional groups attached to an aromatic ring is 1. The molecule has 5 nitrogen and oxygen atoms in total. The van der Waals surface area contributed by atoms with Crippen LogP contribution in [0.1, 0.15) is 0 Å². The average molecular weight is 316 g/mol. The lowest BCUT2D eigenvalue weighted by molar-refractivity contribution is 0.441. The summed E-state index contributed by atoms with van der Waals surface area (Å²) in [7, 11) is 1.77. The number of nitrogens with zero attached hydrogens (tertiary/aromatic N) is 3. The van der Waals surface area contributed by atoms with E-state index in [0.29, 0.717) is 17.4 Å². The number of aromatic nitrogens is 3. The molecule has 78 valence electrons. The van der Waals surface area contributed by atoms with Crippen molar-refractivity contribution < 1.29 is 4.74 Å². The predicted octanol–water partition coefficient (Wildman–Crippen LogP) is 1.79. The minimum Gasteiger partial charge on any atom is -0.421 e. The second-order valence-corrected chi connectivity index (χ2v) is 4.23. The zero-order chi connectivity index (χ0) is 10.8. The van der Waals surface area contributed by atoms with Gasteiger partial charge < -0.3 is 10.5 Å². The Morgan fingerprint density at radius 1 is 1.47 bits per heavy atom. The van der Waals surface area contributed by atoms with Gasteiger partial charge in [-0.3, -0.25) is 4.68 Å². The monoisotopic (exact) mass is 316 g/mol. The van der Waals surface area contributed by atoms with Crippen LogP contribution in [0.15, 0.2) is 24.5 Å². The van der Waals surface area contributed by atoms with E-state index in [2.05, 4.69) is 32.7 Å². The molecule has 1 aromatic heterocycles. The van der Waals surface area contributed by atoms with Crippen LogP contribution >= 0.6 is 22.6 Å². The highest BCUT2D eigenvalue weighted by Crippen LogP contribution is 2.26. The van der Waals surface area contributed by atoms with Crippen molar-refractivity contribution in [3.05, 3.63) is 28.1 Å². The van der Waals surface area contributed by atoms with Gasteiger partial charge >= 0.3 is 6.01 Å². The highest BCUT2D eigenvalue weighted by atomic mass is 127. The first-order chi connectivity index (χ1) is 7.15. The molecule has 1 aromatic carbocycles. The molecule has 0 saturated carbocycles. The normalized spacial score (nSPS) is 10.3. The Bertz CT molecular complexity index is 483. The second-order valence-electron chi connectivity index (χ2n) is 2.99. The summed E-state index contributed by atoms with van der Waals surface area (Å²) in [4.78, 5) is 3.95. The summed E-state index contributed by atoms with van der Waals surface area (Å²) < 4.78 is 8.04. The molecule has 2 rings (SSSR count). The topological polar surface area (TPSA) is 66.0 Å². The molecule has 0 radical (unpaired) electrons. The molecule has 0 unspecified atom stereocenters. The number of hydrogen-bond donors (Lipinski definition) is 1. The van der Waals surface area contributed by atoms with Gasteiger partial charge in [-0.05, 0) is 40.8 Å². The highest BCUT2D eigenvalue weighted by molar-refractivity contribution is 14.1. The van der Waals surface area contributed by atoms with Gasteiger partial charge in [-0.25, -0.2) is 0 Å². The van der Waals surface area contributed by atoms with E-state index >= 15 is 0 Å². The van der Waals surface area contributed by atoms with E-state index < -0.39 is 0 Å². The van der Waals surface area contributed by atoms with Gasteiger partial charge in [0.1, 0.15) is 6.33 Å². The Morgan fingerprint density at radius 2 is 2.27 bits per heavy atom. The van der Waals surface area contributed by atoms with E-state index in [1.54, 1.807) is 24.1 Å². The lowest BCUT2D eigenvalue weighted by Crippen LogP contribution is -1.94. The maximum atomic E-state index is 5.78. The number of ether oxygens (including phenoxy) is 1. The third-order valence-corrected chi connectivity index (χ3v) is 2.42. The van der Waals surface area contributed by atoms with Crippen molar-refractivity contribution in [3.63, 3.8) is 0 Å². The van der Waals surface area contributed by atoms with Crippen LogP contribution in [-0.2, 0) is 7.05 Å². The molecule has 0 bridgehead atoms. The van der Waals surface area contributed by atoms with E-state index in [-0.39, 0.29) is 0 Å². The minimum atomic E-state index is 0.297. The molecule has 0 aliphatic rings. The number of rotatable bonds is 2. The fourth-order valence-electron chi connectivity index (χ4n) is 1.08. The first-order valence-electron chi connectivity index (χ1n) is 4.23. The standard InChI is InChI=1S/C9H9IN4O/c1-14-5-12-9(13-14)15-8-3-2-6(10)4-7(8)11/h2-5H,11H2,1H3. The Morgan fingerprint density at radius 3 is 2.87 bits per heavy atom. The molecule has 15 heavy (non-hydrogen) atoms. The largest absolute Gasteiger partial charge is 0.421 e. The van der Waals surface area contributed by atoms with Crippen LogP contribution in [0.3, 0.4) is 0 Å². The van der Waals surface area contributed by atoms with Crippen LogP contribution in [0.25, 0.3) is 0 Å². The molecular weight excluding hydrogens is 307 g/mol. The summed E-state index contributed by atoms with van der Waals surface area (Å²) in [5, 5.41) is 4.00. The van der Waals surface area contributed by atoms with Crippen molar-refractivity contribution >= 4 is 28.3 Å². The number of halogens is 1. The first kappa shape index (κ1) is 10.2. The molecule has 0 atom stereocenters. The lowest BCUT2D eigenvalue weighted by atomic mass is 10.3. The van der Waals surface area contributed by atoms with E-state index in [1.807, 2.05) is 12.1 Å². The zero-order valence-electron chi connectivity index (χ0n) is 8.01. The maximum absolute atomic E-state index is 5.78. The molecule has 0 aliphatic carbocycles. The Balaban J connectivity index is 2.24. The molecule has 2 aromatic rings. The fraction of sp³-hybridized carbons (Fsp3) is 0.111.